The number of nitrogens with zero attached hydrogens (tertiary/aromatic N) is 1. The predicted molar refractivity (Wildman–Crippen MR) is 79.9 cm³/mol. The molecule has 1 aliphatic heterocycles. The summed E-state index contributed by atoms with van der Waals surface area (Å²) < 4.78 is 24.4. The fraction of sp³-hybridized carbons (Fsp3) is 0.923. The molecule has 20 heavy (non-hydrogen) atoms. The zero-order chi connectivity index (χ0) is 15.2. The molecule has 118 valence electrons. The Hall–Kier alpha value is -0.660. The van der Waals surface area contributed by atoms with Gasteiger partial charge in [-0.25, -0.2) is 12.7 Å². The molecule has 2 atom stereocenters. The molecule has 7 heteroatoms. The summed E-state index contributed by atoms with van der Waals surface area (Å²) in [7, 11) is -1.54. The number of piperidine rings is 1. The van der Waals surface area contributed by atoms with Crippen molar-refractivity contribution < 1.29 is 13.2 Å². The van der Waals surface area contributed by atoms with Gasteiger partial charge in [-0.05, 0) is 39.7 Å². The Kier molecular flexibility index (Phi) is 6.91. The van der Waals surface area contributed by atoms with E-state index in [1.165, 1.54) is 4.31 Å². The van der Waals surface area contributed by atoms with Crippen LogP contribution in [-0.2, 0) is 14.8 Å². The minimum atomic E-state index is -3.11. The summed E-state index contributed by atoms with van der Waals surface area (Å²) in [6, 6.07) is 0.389. The van der Waals surface area contributed by atoms with E-state index in [-0.39, 0.29) is 17.6 Å². The number of hydrogen-bond donors (Lipinski definition) is 2. The third-order valence-electron chi connectivity index (χ3n) is 3.78. The van der Waals surface area contributed by atoms with Crippen LogP contribution in [0.3, 0.4) is 0 Å². The van der Waals surface area contributed by atoms with E-state index < -0.39 is 10.0 Å². The van der Waals surface area contributed by atoms with Gasteiger partial charge >= 0.3 is 0 Å². The van der Waals surface area contributed by atoms with Crippen molar-refractivity contribution in [2.24, 2.45) is 5.92 Å². The first kappa shape index (κ1) is 17.4. The van der Waals surface area contributed by atoms with Gasteiger partial charge in [0.2, 0.25) is 15.9 Å². The average Bonchev–Trinajstić information content (AvgIpc) is 2.42. The second kappa shape index (κ2) is 7.95. The Morgan fingerprint density at radius 3 is 2.75 bits per heavy atom. The lowest BCUT2D eigenvalue weighted by atomic mass is 9.92. The van der Waals surface area contributed by atoms with Gasteiger partial charge in [-0.2, -0.15) is 0 Å². The number of amides is 1. The normalized spacial score (nSPS) is 23.8. The zero-order valence-corrected chi connectivity index (χ0v) is 13.5. The lowest BCUT2D eigenvalue weighted by Gasteiger charge is -2.27. The van der Waals surface area contributed by atoms with Crippen molar-refractivity contribution in [3.8, 4) is 0 Å². The van der Waals surface area contributed by atoms with Crippen LogP contribution in [0.4, 0.5) is 0 Å². The van der Waals surface area contributed by atoms with Crippen LogP contribution < -0.4 is 10.6 Å². The molecule has 0 spiro atoms. The molecule has 0 aromatic rings. The molecule has 0 aliphatic carbocycles. The molecular weight excluding hydrogens is 278 g/mol. The first-order chi connectivity index (χ1) is 9.36. The molecule has 1 aliphatic rings. The molecule has 1 amide bonds. The maximum Gasteiger partial charge on any atom is 0.223 e. The molecule has 1 saturated heterocycles. The van der Waals surface area contributed by atoms with E-state index in [4.69, 9.17) is 0 Å². The summed E-state index contributed by atoms with van der Waals surface area (Å²) >= 11 is 0. The zero-order valence-electron chi connectivity index (χ0n) is 12.7. The van der Waals surface area contributed by atoms with Crippen molar-refractivity contribution >= 4 is 15.9 Å². The molecule has 6 nitrogen and oxygen atoms in total. The van der Waals surface area contributed by atoms with Crippen LogP contribution in [0.1, 0.15) is 33.1 Å². The van der Waals surface area contributed by atoms with Crippen LogP contribution in [0.15, 0.2) is 0 Å². The van der Waals surface area contributed by atoms with Crippen LogP contribution in [0.5, 0.6) is 0 Å². The van der Waals surface area contributed by atoms with Crippen LogP contribution >= 0.6 is 0 Å². The van der Waals surface area contributed by atoms with Gasteiger partial charge in [-0.15, -0.1) is 0 Å². The van der Waals surface area contributed by atoms with Gasteiger partial charge in [0.15, 0.2) is 0 Å². The fourth-order valence-corrected chi connectivity index (χ4v) is 3.24. The minimum Gasteiger partial charge on any atom is -0.356 e. The van der Waals surface area contributed by atoms with Gasteiger partial charge in [-0.1, -0.05) is 0 Å². The van der Waals surface area contributed by atoms with Crippen molar-refractivity contribution in [3.05, 3.63) is 0 Å². The number of carbonyl (C=O) groups is 1. The Bertz CT molecular complexity index is 411. The van der Waals surface area contributed by atoms with Crippen LogP contribution in [0.2, 0.25) is 0 Å². The highest BCUT2D eigenvalue weighted by atomic mass is 32.2. The molecule has 0 saturated carbocycles. The molecule has 1 heterocycles. The van der Waals surface area contributed by atoms with Gasteiger partial charge in [0, 0.05) is 32.1 Å². The average molecular weight is 305 g/mol. The van der Waals surface area contributed by atoms with Gasteiger partial charge in [-0.3, -0.25) is 4.79 Å². The van der Waals surface area contributed by atoms with Crippen molar-refractivity contribution in [3.63, 3.8) is 0 Å². The van der Waals surface area contributed by atoms with E-state index in [0.717, 1.165) is 19.4 Å². The summed E-state index contributed by atoms with van der Waals surface area (Å²) in [5.74, 6) is 0.297. The third kappa shape index (κ3) is 5.38. The minimum absolute atomic E-state index is 0.0864. The van der Waals surface area contributed by atoms with Crippen molar-refractivity contribution in [2.45, 2.75) is 39.2 Å². The summed E-state index contributed by atoms with van der Waals surface area (Å²) in [5, 5.41) is 6.23. The number of carbonyl (C=O) groups excluding carboxylic acids is 1. The largest absolute Gasteiger partial charge is 0.356 e. The highest BCUT2D eigenvalue weighted by Crippen LogP contribution is 2.15. The van der Waals surface area contributed by atoms with Gasteiger partial charge in [0.05, 0.1) is 5.75 Å². The van der Waals surface area contributed by atoms with E-state index in [9.17, 15) is 13.2 Å². The quantitative estimate of drug-likeness (QED) is 0.657. The van der Waals surface area contributed by atoms with E-state index in [1.807, 2.05) is 0 Å². The SMILES string of the molecule is CCS(=O)(=O)N(C)CCCNC(=O)[C@H]1CCN[C@@H](C)C1. The fourth-order valence-electron chi connectivity index (χ4n) is 2.39. The maximum absolute atomic E-state index is 12.0. The molecule has 1 rings (SSSR count). The van der Waals surface area contributed by atoms with Gasteiger partial charge in [0.1, 0.15) is 0 Å². The third-order valence-corrected chi connectivity index (χ3v) is 5.65. The second-order valence-electron chi connectivity index (χ2n) is 5.44. The monoisotopic (exact) mass is 305 g/mol. The van der Waals surface area contributed by atoms with E-state index in [1.54, 1.807) is 14.0 Å². The van der Waals surface area contributed by atoms with Crippen LogP contribution in [-0.4, -0.2) is 57.1 Å². The predicted octanol–water partition coefficient (Wildman–Crippen LogP) is 0.162. The van der Waals surface area contributed by atoms with Crippen LogP contribution in [0.25, 0.3) is 0 Å². The number of hydrogen-bond acceptors (Lipinski definition) is 4. The van der Waals surface area contributed by atoms with Crippen molar-refractivity contribution in [1.82, 2.24) is 14.9 Å². The molecule has 0 bridgehead atoms. The highest BCUT2D eigenvalue weighted by Gasteiger charge is 2.24. The topological polar surface area (TPSA) is 78.5 Å². The van der Waals surface area contributed by atoms with Crippen molar-refractivity contribution in [1.29, 1.82) is 0 Å². The van der Waals surface area contributed by atoms with Crippen LogP contribution in [0, 0.1) is 5.92 Å². The maximum atomic E-state index is 12.0. The summed E-state index contributed by atoms with van der Waals surface area (Å²) in [6.07, 6.45) is 2.39. The molecule has 1 fully saturated rings. The molecule has 2 N–H and O–H groups in total. The Balaban J connectivity index is 2.22. The number of sulfonamides is 1. The van der Waals surface area contributed by atoms with Crippen molar-refractivity contribution in [2.75, 3.05) is 32.4 Å². The summed E-state index contributed by atoms with van der Waals surface area (Å²) in [5.41, 5.74) is 0. The van der Waals surface area contributed by atoms with Gasteiger partial charge in [0.25, 0.3) is 0 Å². The molecule has 0 aromatic carbocycles. The lowest BCUT2D eigenvalue weighted by Crippen LogP contribution is -2.43. The molecular formula is C13H27N3O3S. The summed E-state index contributed by atoms with van der Waals surface area (Å²) in [6.45, 7) is 5.58. The standard InChI is InChI=1S/C13H27N3O3S/c1-4-20(18,19)16(3)9-5-7-15-13(17)12-6-8-14-11(2)10-12/h11-12,14H,4-10H2,1-3H3,(H,15,17)/t11-,12-/m0/s1. The number of rotatable bonds is 7. The first-order valence-corrected chi connectivity index (χ1v) is 8.92. The Morgan fingerprint density at radius 2 is 2.15 bits per heavy atom. The Morgan fingerprint density at radius 1 is 1.45 bits per heavy atom. The first-order valence-electron chi connectivity index (χ1n) is 7.32. The van der Waals surface area contributed by atoms with E-state index in [0.29, 0.717) is 25.6 Å². The molecule has 0 radical (unpaired) electrons. The highest BCUT2D eigenvalue weighted by molar-refractivity contribution is 7.89. The molecule has 0 aromatic heterocycles. The van der Waals surface area contributed by atoms with Gasteiger partial charge < -0.3 is 10.6 Å². The smallest absolute Gasteiger partial charge is 0.223 e. The van der Waals surface area contributed by atoms with E-state index >= 15 is 0 Å². The second-order valence-corrected chi connectivity index (χ2v) is 7.81. The Labute approximate surface area is 122 Å². The lowest BCUT2D eigenvalue weighted by molar-refractivity contribution is -0.126. The molecule has 0 unspecified atom stereocenters. The number of nitrogens with one attached hydrogen (secondary N) is 2. The van der Waals surface area contributed by atoms with E-state index in [2.05, 4.69) is 17.6 Å². The summed E-state index contributed by atoms with van der Waals surface area (Å²) in [4.78, 5) is 12.0.